The van der Waals surface area contributed by atoms with E-state index in [0.29, 0.717) is 12.6 Å². The summed E-state index contributed by atoms with van der Waals surface area (Å²) in [4.78, 5) is 2.26. The largest absolute Gasteiger partial charge is 0.286 e. The number of rotatable bonds is 2. The lowest BCUT2D eigenvalue weighted by Crippen LogP contribution is -2.66. The second-order valence-electron chi connectivity index (χ2n) is 4.43. The molecule has 6 heteroatoms. The lowest BCUT2D eigenvalue weighted by atomic mass is 9.79. The molecule has 2 N–H and O–H groups in total. The fourth-order valence-corrected chi connectivity index (χ4v) is 5.20. The molecule has 2 fully saturated rings. The molecular weight excluding hydrogens is 315 g/mol. The standard InChI is InChI=1S/C8H15IN2O2S/c1-5-2-6(3-5)11-4-7(8(11)9)14(10,12)13/h5-8H,2-4H2,1H3,(H2,10,12,13). The van der Waals surface area contributed by atoms with Crippen LogP contribution in [0.25, 0.3) is 0 Å². The molecule has 1 saturated heterocycles. The Morgan fingerprint density at radius 3 is 2.36 bits per heavy atom. The Morgan fingerprint density at radius 2 is 2.00 bits per heavy atom. The van der Waals surface area contributed by atoms with Gasteiger partial charge in [-0.3, -0.25) is 4.90 Å². The first-order chi connectivity index (χ1) is 6.39. The van der Waals surface area contributed by atoms with E-state index in [2.05, 4.69) is 34.4 Å². The van der Waals surface area contributed by atoms with Gasteiger partial charge in [-0.15, -0.1) is 0 Å². The number of hydrogen-bond acceptors (Lipinski definition) is 3. The van der Waals surface area contributed by atoms with E-state index in [4.69, 9.17) is 5.14 Å². The van der Waals surface area contributed by atoms with Crippen LogP contribution in [0.15, 0.2) is 0 Å². The van der Waals surface area contributed by atoms with Crippen molar-refractivity contribution in [3.63, 3.8) is 0 Å². The Morgan fingerprint density at radius 1 is 1.43 bits per heavy atom. The lowest BCUT2D eigenvalue weighted by molar-refractivity contribution is 0.0319. The van der Waals surface area contributed by atoms with Crippen molar-refractivity contribution in [1.82, 2.24) is 4.90 Å². The molecule has 2 rings (SSSR count). The number of sulfonamides is 1. The maximum atomic E-state index is 11.1. The van der Waals surface area contributed by atoms with Gasteiger partial charge in [0.1, 0.15) is 5.25 Å². The summed E-state index contributed by atoms with van der Waals surface area (Å²) in [5.74, 6) is 0.803. The topological polar surface area (TPSA) is 63.4 Å². The number of primary sulfonamides is 1. The Labute approximate surface area is 98.4 Å². The molecule has 14 heavy (non-hydrogen) atoms. The maximum absolute atomic E-state index is 11.1. The second kappa shape index (κ2) is 3.57. The molecule has 1 heterocycles. The number of nitrogens with zero attached hydrogens (tertiary/aromatic N) is 1. The molecule has 2 atom stereocenters. The van der Waals surface area contributed by atoms with Crippen molar-refractivity contribution in [3.05, 3.63) is 0 Å². The molecule has 82 valence electrons. The van der Waals surface area contributed by atoms with Crippen LogP contribution in [0.4, 0.5) is 0 Å². The van der Waals surface area contributed by atoms with Crippen molar-refractivity contribution < 1.29 is 8.42 Å². The molecule has 4 nitrogen and oxygen atoms in total. The van der Waals surface area contributed by atoms with E-state index in [1.165, 1.54) is 12.8 Å². The molecule has 0 amide bonds. The molecule has 0 bridgehead atoms. The summed E-state index contributed by atoms with van der Waals surface area (Å²) >= 11 is 2.19. The van der Waals surface area contributed by atoms with Crippen LogP contribution in [0, 0.1) is 5.92 Å². The second-order valence-corrected chi connectivity index (χ2v) is 7.49. The van der Waals surface area contributed by atoms with Crippen LogP contribution in [0.1, 0.15) is 19.8 Å². The van der Waals surface area contributed by atoms with Gasteiger partial charge in [0.05, 0.1) is 4.05 Å². The number of nitrogens with two attached hydrogens (primary N) is 1. The number of hydrogen-bond donors (Lipinski definition) is 1. The van der Waals surface area contributed by atoms with Gasteiger partial charge in [-0.1, -0.05) is 29.5 Å². The van der Waals surface area contributed by atoms with Crippen LogP contribution in [-0.4, -0.2) is 35.2 Å². The fourth-order valence-electron chi connectivity index (χ4n) is 2.21. The van der Waals surface area contributed by atoms with Gasteiger partial charge in [-0.05, 0) is 18.8 Å². The van der Waals surface area contributed by atoms with E-state index in [9.17, 15) is 8.42 Å². The summed E-state index contributed by atoms with van der Waals surface area (Å²) in [6, 6.07) is 0.602. The van der Waals surface area contributed by atoms with Gasteiger partial charge < -0.3 is 0 Å². The fraction of sp³-hybridized carbons (Fsp3) is 1.00. The number of alkyl halides is 1. The van der Waals surface area contributed by atoms with Gasteiger partial charge in [-0.25, -0.2) is 13.6 Å². The van der Waals surface area contributed by atoms with E-state index in [-0.39, 0.29) is 9.30 Å². The highest BCUT2D eigenvalue weighted by Gasteiger charge is 2.49. The molecule has 1 aliphatic carbocycles. The van der Waals surface area contributed by atoms with E-state index < -0.39 is 10.0 Å². The quantitative estimate of drug-likeness (QED) is 0.456. The van der Waals surface area contributed by atoms with Crippen molar-refractivity contribution in [2.75, 3.05) is 6.54 Å². The minimum absolute atomic E-state index is 0.0834. The predicted molar refractivity (Wildman–Crippen MR) is 63.6 cm³/mol. The minimum Gasteiger partial charge on any atom is -0.286 e. The average Bonchev–Trinajstić information content (AvgIpc) is 1.96. The zero-order valence-electron chi connectivity index (χ0n) is 8.06. The monoisotopic (exact) mass is 330 g/mol. The van der Waals surface area contributed by atoms with E-state index in [1.807, 2.05) is 0 Å². The molecule has 0 spiro atoms. The van der Waals surface area contributed by atoms with Crippen LogP contribution in [0.5, 0.6) is 0 Å². The number of halogens is 1. The first-order valence-corrected chi connectivity index (χ1v) is 7.66. The first kappa shape index (κ1) is 11.1. The van der Waals surface area contributed by atoms with Gasteiger partial charge >= 0.3 is 0 Å². The van der Waals surface area contributed by atoms with Gasteiger partial charge in [-0.2, -0.15) is 0 Å². The molecule has 1 aliphatic heterocycles. The highest BCUT2D eigenvalue weighted by Crippen LogP contribution is 2.39. The van der Waals surface area contributed by atoms with Gasteiger partial charge in [0.15, 0.2) is 0 Å². The van der Waals surface area contributed by atoms with Crippen molar-refractivity contribution >= 4 is 32.6 Å². The molecule has 0 aromatic heterocycles. The summed E-state index contributed by atoms with van der Waals surface area (Å²) in [5.41, 5.74) is 0. The zero-order chi connectivity index (χ0) is 10.5. The van der Waals surface area contributed by atoms with Crippen molar-refractivity contribution in [3.8, 4) is 0 Å². The molecule has 2 unspecified atom stereocenters. The highest BCUT2D eigenvalue weighted by molar-refractivity contribution is 14.1. The average molecular weight is 330 g/mol. The lowest BCUT2D eigenvalue weighted by Gasteiger charge is -2.52. The van der Waals surface area contributed by atoms with Crippen molar-refractivity contribution in [2.24, 2.45) is 11.1 Å². The normalized spacial score (nSPS) is 44.2. The molecule has 1 saturated carbocycles. The molecule has 0 radical (unpaired) electrons. The Bertz CT molecular complexity index is 326. The zero-order valence-corrected chi connectivity index (χ0v) is 11.0. The van der Waals surface area contributed by atoms with Crippen LogP contribution in [0.3, 0.4) is 0 Å². The SMILES string of the molecule is CC1CC(N2CC(S(N)(=O)=O)C2I)C1. The highest BCUT2D eigenvalue weighted by atomic mass is 127. The summed E-state index contributed by atoms with van der Waals surface area (Å²) < 4.78 is 22.3. The van der Waals surface area contributed by atoms with Crippen LogP contribution < -0.4 is 5.14 Å². The van der Waals surface area contributed by atoms with Crippen LogP contribution in [-0.2, 0) is 10.0 Å². The minimum atomic E-state index is -3.33. The predicted octanol–water partition coefficient (Wildman–Crippen LogP) is 0.519. The Balaban J connectivity index is 1.91. The molecular formula is C8H15IN2O2S. The summed E-state index contributed by atoms with van der Waals surface area (Å²) in [5, 5.41) is 4.77. The molecule has 2 aliphatic rings. The van der Waals surface area contributed by atoms with E-state index in [1.54, 1.807) is 0 Å². The summed E-state index contributed by atoms with van der Waals surface area (Å²) in [7, 11) is -3.33. The van der Waals surface area contributed by atoms with Crippen molar-refractivity contribution in [2.45, 2.75) is 35.1 Å². The van der Waals surface area contributed by atoms with Gasteiger partial charge in [0, 0.05) is 12.6 Å². The number of likely N-dealkylation sites (tertiary alicyclic amines) is 1. The maximum Gasteiger partial charge on any atom is 0.215 e. The summed E-state index contributed by atoms with van der Waals surface area (Å²) in [6.07, 6.45) is 2.41. The third-order valence-electron chi connectivity index (χ3n) is 3.25. The molecule has 0 aromatic rings. The third kappa shape index (κ3) is 1.81. The Hall–Kier alpha value is 0.600. The van der Waals surface area contributed by atoms with Gasteiger partial charge in [0.2, 0.25) is 10.0 Å². The van der Waals surface area contributed by atoms with E-state index >= 15 is 0 Å². The van der Waals surface area contributed by atoms with E-state index in [0.717, 1.165) is 5.92 Å². The van der Waals surface area contributed by atoms with Gasteiger partial charge in [0.25, 0.3) is 0 Å². The summed E-state index contributed by atoms with van der Waals surface area (Å²) in [6.45, 7) is 2.86. The smallest absolute Gasteiger partial charge is 0.215 e. The van der Waals surface area contributed by atoms with Crippen LogP contribution >= 0.6 is 22.6 Å². The van der Waals surface area contributed by atoms with Crippen molar-refractivity contribution in [1.29, 1.82) is 0 Å². The Kier molecular flexibility index (Phi) is 2.83. The molecule has 0 aromatic carbocycles. The first-order valence-electron chi connectivity index (χ1n) is 4.81. The van der Waals surface area contributed by atoms with Crippen LogP contribution in [0.2, 0.25) is 0 Å². The third-order valence-corrected chi connectivity index (χ3v) is 6.58.